The van der Waals surface area contributed by atoms with E-state index in [-0.39, 0.29) is 28.4 Å². The van der Waals surface area contributed by atoms with Crippen LogP contribution in [-0.4, -0.2) is 29.0 Å². The van der Waals surface area contributed by atoms with Crippen molar-refractivity contribution in [3.05, 3.63) is 42.4 Å². The zero-order valence-electron chi connectivity index (χ0n) is 18.8. The zero-order chi connectivity index (χ0) is 23.0. The summed E-state index contributed by atoms with van der Waals surface area (Å²) in [6, 6.07) is 3.39. The van der Waals surface area contributed by atoms with Gasteiger partial charge in [0, 0.05) is 11.8 Å². The molecule has 2 bridgehead atoms. The third-order valence-corrected chi connectivity index (χ3v) is 10.5. The van der Waals surface area contributed by atoms with Crippen LogP contribution in [0.3, 0.4) is 0 Å². The van der Waals surface area contributed by atoms with Crippen LogP contribution in [0.4, 0.5) is 14.5 Å². The number of nitrogens with one attached hydrogen (secondary N) is 1. The first kappa shape index (κ1) is 23.3. The largest absolute Gasteiger partial charge is 0.408 e. The second kappa shape index (κ2) is 8.62. The number of aromatic nitrogens is 3. The van der Waals surface area contributed by atoms with Gasteiger partial charge in [-0.2, -0.15) is 13.9 Å². The molecule has 2 aromatic rings. The van der Waals surface area contributed by atoms with Crippen molar-refractivity contribution >= 4 is 19.9 Å². The number of pyridine rings is 1. The molecule has 3 rings (SSSR count). The first-order valence-electron chi connectivity index (χ1n) is 10.4. The van der Waals surface area contributed by atoms with Gasteiger partial charge in [0.1, 0.15) is 0 Å². The second-order valence-corrected chi connectivity index (χ2v) is 14.2. The van der Waals surface area contributed by atoms with Crippen LogP contribution < -0.4 is 5.32 Å². The molecule has 1 N–H and O–H groups in total. The lowest BCUT2D eigenvalue weighted by molar-refractivity contribution is -0.118. The Kier molecular flexibility index (Phi) is 6.47. The predicted molar refractivity (Wildman–Crippen MR) is 119 cm³/mol. The third kappa shape index (κ3) is 4.93. The maximum atomic E-state index is 13.7. The normalized spacial score (nSPS) is 21.1. The summed E-state index contributed by atoms with van der Waals surface area (Å²) in [5, 5.41) is 6.52. The molecule has 2 aromatic heterocycles. The minimum absolute atomic E-state index is 0.00729. The highest BCUT2D eigenvalue weighted by molar-refractivity contribution is 6.74. The van der Waals surface area contributed by atoms with E-state index in [1.165, 1.54) is 6.20 Å². The quantitative estimate of drug-likeness (QED) is 0.466. The molecule has 3 heterocycles. The molecule has 0 aliphatic carbocycles. The molecule has 1 aliphatic rings. The van der Waals surface area contributed by atoms with Crippen LogP contribution in [0.15, 0.2) is 36.7 Å². The highest BCUT2D eigenvalue weighted by atomic mass is 28.4. The molecule has 1 unspecified atom stereocenters. The topological polar surface area (TPSA) is 69.0 Å². The van der Waals surface area contributed by atoms with E-state index < -0.39 is 20.8 Å². The van der Waals surface area contributed by atoms with Crippen LogP contribution in [0.5, 0.6) is 0 Å². The Morgan fingerprint density at radius 2 is 2.03 bits per heavy atom. The Morgan fingerprint density at radius 3 is 2.68 bits per heavy atom. The van der Waals surface area contributed by atoms with E-state index >= 15 is 0 Å². The van der Waals surface area contributed by atoms with E-state index in [2.05, 4.69) is 49.3 Å². The number of nitrogens with zero attached hydrogens (tertiary/aromatic N) is 3. The highest BCUT2D eigenvalue weighted by Gasteiger charge is 2.39. The Labute approximate surface area is 182 Å². The van der Waals surface area contributed by atoms with Crippen LogP contribution >= 0.6 is 0 Å². The number of carbonyl (C=O) groups is 1. The third-order valence-electron chi connectivity index (χ3n) is 6.05. The number of amides is 1. The van der Waals surface area contributed by atoms with E-state index in [0.717, 1.165) is 0 Å². The lowest BCUT2D eigenvalue weighted by atomic mass is 10.0. The van der Waals surface area contributed by atoms with Crippen molar-refractivity contribution in [3.63, 3.8) is 0 Å². The smallest absolute Gasteiger partial charge is 0.333 e. The number of halogens is 2. The van der Waals surface area contributed by atoms with Crippen molar-refractivity contribution in [3.8, 4) is 11.3 Å². The molecule has 2 atom stereocenters. The second-order valence-electron chi connectivity index (χ2n) is 9.41. The van der Waals surface area contributed by atoms with Crippen LogP contribution in [0.2, 0.25) is 18.1 Å². The summed E-state index contributed by atoms with van der Waals surface area (Å²) in [5.41, 5.74) is 1.55. The molecule has 0 aromatic carbocycles. The van der Waals surface area contributed by atoms with Gasteiger partial charge >= 0.3 is 6.55 Å². The summed E-state index contributed by atoms with van der Waals surface area (Å²) in [5.74, 6) is -0.731. The van der Waals surface area contributed by atoms with Gasteiger partial charge in [-0.25, -0.2) is 4.68 Å². The van der Waals surface area contributed by atoms with Gasteiger partial charge in [-0.1, -0.05) is 39.8 Å². The number of anilines is 1. The van der Waals surface area contributed by atoms with Gasteiger partial charge in [0.15, 0.2) is 8.32 Å². The van der Waals surface area contributed by atoms with E-state index in [0.29, 0.717) is 22.4 Å². The summed E-state index contributed by atoms with van der Waals surface area (Å²) < 4.78 is 34.6. The van der Waals surface area contributed by atoms with Crippen LogP contribution in [0.25, 0.3) is 11.3 Å². The number of hydrogen-bond acceptors (Lipinski definition) is 4. The average Bonchev–Trinajstić information content (AvgIpc) is 3.09. The minimum atomic E-state index is -2.85. The first-order chi connectivity index (χ1) is 14.4. The van der Waals surface area contributed by atoms with E-state index in [9.17, 15) is 13.6 Å². The van der Waals surface area contributed by atoms with Crippen molar-refractivity contribution in [2.45, 2.75) is 64.9 Å². The van der Waals surface area contributed by atoms with Gasteiger partial charge in [-0.15, -0.1) is 0 Å². The van der Waals surface area contributed by atoms with Crippen LogP contribution in [0, 0.1) is 5.92 Å². The summed E-state index contributed by atoms with van der Waals surface area (Å²) >= 11 is 0. The fourth-order valence-corrected chi connectivity index (χ4v) is 4.44. The molecule has 0 saturated carbocycles. The minimum Gasteiger partial charge on any atom is -0.408 e. The number of fused-ring (bicyclic) bond motifs is 4. The van der Waals surface area contributed by atoms with Crippen molar-refractivity contribution in [2.75, 3.05) is 5.32 Å². The number of hydrogen-bond donors (Lipinski definition) is 1. The lowest BCUT2D eigenvalue weighted by Crippen LogP contribution is -2.42. The number of alkyl halides is 2. The zero-order valence-corrected chi connectivity index (χ0v) is 19.8. The van der Waals surface area contributed by atoms with E-state index in [1.54, 1.807) is 31.3 Å². The number of rotatable bonds is 3. The van der Waals surface area contributed by atoms with Crippen LogP contribution in [0.1, 0.15) is 52.5 Å². The molecule has 1 aliphatic heterocycles. The molecule has 6 nitrogen and oxygen atoms in total. The standard InChI is InChI=1S/C22H30F2N4O2Si/c1-14-8-7-9-18(30-31(5,6)22(2,3)4)16-12-15(10-11-25-16)19-17(27-20(14)29)13-26-28(19)21(23)24/h7-8,10-14,18,21H,9H2,1-6H3,(H,27,29)/b8-7+/t14-,18?/m1/s1. The Balaban J connectivity index is 2.15. The fraction of sp³-hybridized carbons (Fsp3) is 0.500. The van der Waals surface area contributed by atoms with Gasteiger partial charge in [-0.3, -0.25) is 9.78 Å². The molecular weight excluding hydrogens is 418 g/mol. The summed E-state index contributed by atoms with van der Waals surface area (Å²) in [4.78, 5) is 17.1. The maximum absolute atomic E-state index is 13.7. The highest BCUT2D eigenvalue weighted by Crippen LogP contribution is 2.41. The average molecular weight is 449 g/mol. The van der Waals surface area contributed by atoms with E-state index in [1.807, 2.05) is 6.08 Å². The Hall–Kier alpha value is -2.39. The summed E-state index contributed by atoms with van der Waals surface area (Å²) in [7, 11) is -2.14. The van der Waals surface area contributed by atoms with Gasteiger partial charge in [-0.05, 0) is 36.7 Å². The first-order valence-corrected chi connectivity index (χ1v) is 13.3. The molecule has 0 saturated heterocycles. The molecule has 0 radical (unpaired) electrons. The molecular formula is C22H30F2N4O2Si. The van der Waals surface area contributed by atoms with Crippen LogP contribution in [-0.2, 0) is 9.22 Å². The van der Waals surface area contributed by atoms with Crippen molar-refractivity contribution in [1.29, 1.82) is 0 Å². The lowest BCUT2D eigenvalue weighted by Gasteiger charge is -2.39. The maximum Gasteiger partial charge on any atom is 0.333 e. The Bertz CT molecular complexity index is 982. The SMILES string of the molecule is C[C@@H]1/C=C/CC(O[Si](C)(C)C(C)(C)C)c2cc(ccn2)-c2c(cnn2C(F)F)NC1=O. The molecule has 1 amide bonds. The molecule has 31 heavy (non-hydrogen) atoms. The monoisotopic (exact) mass is 448 g/mol. The van der Waals surface area contributed by atoms with Crippen molar-refractivity contribution < 1.29 is 18.0 Å². The molecule has 168 valence electrons. The van der Waals surface area contributed by atoms with Gasteiger partial charge < -0.3 is 9.74 Å². The predicted octanol–water partition coefficient (Wildman–Crippen LogP) is 5.94. The van der Waals surface area contributed by atoms with Gasteiger partial charge in [0.05, 0.1) is 35.3 Å². The van der Waals surface area contributed by atoms with Gasteiger partial charge in [0.25, 0.3) is 0 Å². The fourth-order valence-electron chi connectivity index (χ4n) is 3.16. The van der Waals surface area contributed by atoms with E-state index in [4.69, 9.17) is 4.43 Å². The number of carbonyl (C=O) groups excluding carboxylic acids is 1. The summed E-state index contributed by atoms with van der Waals surface area (Å²) in [6.45, 7) is 9.72. The molecule has 0 spiro atoms. The van der Waals surface area contributed by atoms with Crippen molar-refractivity contribution in [1.82, 2.24) is 14.8 Å². The van der Waals surface area contributed by atoms with Crippen molar-refractivity contribution in [2.24, 2.45) is 5.92 Å². The summed E-state index contributed by atoms with van der Waals surface area (Å²) in [6.07, 6.45) is 6.76. The Morgan fingerprint density at radius 1 is 1.32 bits per heavy atom. The van der Waals surface area contributed by atoms with Gasteiger partial charge in [0.2, 0.25) is 5.91 Å². The molecule has 0 fully saturated rings. The molecule has 9 heteroatoms.